The van der Waals surface area contributed by atoms with Gasteiger partial charge in [-0.2, -0.15) is 0 Å². The predicted molar refractivity (Wildman–Crippen MR) is 119 cm³/mol. The van der Waals surface area contributed by atoms with Crippen LogP contribution >= 0.6 is 23.2 Å². The van der Waals surface area contributed by atoms with Crippen molar-refractivity contribution in [2.75, 3.05) is 29.1 Å². The van der Waals surface area contributed by atoms with E-state index in [1.54, 1.807) is 54.4 Å². The van der Waals surface area contributed by atoms with Crippen molar-refractivity contribution in [3.05, 3.63) is 88.4 Å². The van der Waals surface area contributed by atoms with E-state index in [4.69, 9.17) is 23.2 Å². The Labute approximate surface area is 179 Å². The maximum absolute atomic E-state index is 12.6. The van der Waals surface area contributed by atoms with E-state index in [0.29, 0.717) is 21.3 Å². The van der Waals surface area contributed by atoms with E-state index in [1.807, 2.05) is 30.3 Å². The first-order chi connectivity index (χ1) is 13.9. The van der Waals surface area contributed by atoms with Crippen LogP contribution in [0.25, 0.3) is 0 Å². The fraction of sp³-hybridized carbons (Fsp3) is 0.0909. The second-order valence-electron chi connectivity index (χ2n) is 6.30. The Bertz CT molecular complexity index is 1010. The molecule has 2 N–H and O–H groups in total. The standard InChI is InChI=1S/C22H19Cl2N3O2/c1-27(18-5-3-2-4-6-18)22(29)15-7-10-17(11-8-15)25-14-21(28)26-20-12-9-16(23)13-19(20)24/h2-13,25H,14H2,1H3,(H,26,28). The van der Waals surface area contributed by atoms with Crippen LogP contribution in [0.4, 0.5) is 17.1 Å². The number of benzene rings is 3. The minimum atomic E-state index is -0.252. The average molecular weight is 428 g/mol. The summed E-state index contributed by atoms with van der Waals surface area (Å²) in [7, 11) is 1.73. The summed E-state index contributed by atoms with van der Waals surface area (Å²) < 4.78 is 0. The van der Waals surface area contributed by atoms with Gasteiger partial charge in [-0.15, -0.1) is 0 Å². The molecule has 0 atom stereocenters. The van der Waals surface area contributed by atoms with Gasteiger partial charge in [0.15, 0.2) is 0 Å². The van der Waals surface area contributed by atoms with Crippen LogP contribution in [-0.4, -0.2) is 25.4 Å². The smallest absolute Gasteiger partial charge is 0.258 e. The van der Waals surface area contributed by atoms with Crippen molar-refractivity contribution in [2.24, 2.45) is 0 Å². The number of amides is 2. The number of nitrogens with zero attached hydrogens (tertiary/aromatic N) is 1. The number of rotatable bonds is 6. The summed E-state index contributed by atoms with van der Waals surface area (Å²) in [5.41, 5.74) is 2.59. The van der Waals surface area contributed by atoms with E-state index < -0.39 is 0 Å². The van der Waals surface area contributed by atoms with Crippen molar-refractivity contribution >= 4 is 52.1 Å². The Morgan fingerprint density at radius 3 is 2.28 bits per heavy atom. The molecule has 0 aliphatic carbocycles. The van der Waals surface area contributed by atoms with E-state index in [1.165, 1.54) is 0 Å². The lowest BCUT2D eigenvalue weighted by Crippen LogP contribution is -2.26. The molecule has 7 heteroatoms. The van der Waals surface area contributed by atoms with Crippen LogP contribution in [0.2, 0.25) is 10.0 Å². The highest BCUT2D eigenvalue weighted by molar-refractivity contribution is 6.36. The number of halogens is 2. The van der Waals surface area contributed by atoms with Crippen LogP contribution in [0.5, 0.6) is 0 Å². The van der Waals surface area contributed by atoms with Crippen molar-refractivity contribution in [1.29, 1.82) is 0 Å². The van der Waals surface area contributed by atoms with Crippen LogP contribution < -0.4 is 15.5 Å². The third-order valence-corrected chi connectivity index (χ3v) is 4.79. The van der Waals surface area contributed by atoms with Crippen LogP contribution in [-0.2, 0) is 4.79 Å². The number of hydrogen-bond donors (Lipinski definition) is 2. The lowest BCUT2D eigenvalue weighted by Gasteiger charge is -2.17. The van der Waals surface area contributed by atoms with Crippen LogP contribution in [0, 0.1) is 0 Å². The Morgan fingerprint density at radius 1 is 0.931 bits per heavy atom. The third-order valence-electron chi connectivity index (χ3n) is 4.24. The number of anilines is 3. The molecular formula is C22H19Cl2N3O2. The van der Waals surface area contributed by atoms with Gasteiger partial charge in [0.05, 0.1) is 17.3 Å². The molecule has 0 aliphatic heterocycles. The zero-order valence-electron chi connectivity index (χ0n) is 15.7. The number of carbonyl (C=O) groups excluding carboxylic acids is 2. The first kappa shape index (κ1) is 20.7. The minimum Gasteiger partial charge on any atom is -0.376 e. The van der Waals surface area contributed by atoms with Crippen molar-refractivity contribution in [3.8, 4) is 0 Å². The highest BCUT2D eigenvalue weighted by atomic mass is 35.5. The topological polar surface area (TPSA) is 61.4 Å². The summed E-state index contributed by atoms with van der Waals surface area (Å²) in [5.74, 6) is -0.365. The molecule has 0 saturated heterocycles. The van der Waals surface area contributed by atoms with Gasteiger partial charge in [-0.05, 0) is 54.6 Å². The largest absolute Gasteiger partial charge is 0.376 e. The molecule has 0 aromatic heterocycles. The van der Waals surface area contributed by atoms with E-state index in [2.05, 4.69) is 10.6 Å². The molecule has 2 amide bonds. The quantitative estimate of drug-likeness (QED) is 0.559. The van der Waals surface area contributed by atoms with Crippen LogP contribution in [0.1, 0.15) is 10.4 Å². The van der Waals surface area contributed by atoms with E-state index in [0.717, 1.165) is 11.4 Å². The minimum absolute atomic E-state index is 0.0518. The Kier molecular flexibility index (Phi) is 6.75. The lowest BCUT2D eigenvalue weighted by atomic mass is 10.1. The zero-order chi connectivity index (χ0) is 20.8. The van der Waals surface area contributed by atoms with Crippen molar-refractivity contribution in [2.45, 2.75) is 0 Å². The van der Waals surface area contributed by atoms with Crippen LogP contribution in [0.3, 0.4) is 0 Å². The van der Waals surface area contributed by atoms with Gasteiger partial charge in [-0.1, -0.05) is 41.4 Å². The molecule has 0 aliphatic rings. The van der Waals surface area contributed by atoms with E-state index in [-0.39, 0.29) is 18.4 Å². The number of nitrogens with one attached hydrogen (secondary N) is 2. The maximum Gasteiger partial charge on any atom is 0.258 e. The van der Waals surface area contributed by atoms with Crippen molar-refractivity contribution in [1.82, 2.24) is 0 Å². The Balaban J connectivity index is 1.56. The molecule has 0 heterocycles. The Hall–Kier alpha value is -3.02. The molecule has 0 unspecified atom stereocenters. The van der Waals surface area contributed by atoms with Gasteiger partial charge < -0.3 is 15.5 Å². The summed E-state index contributed by atoms with van der Waals surface area (Å²) >= 11 is 11.9. The fourth-order valence-electron chi connectivity index (χ4n) is 2.66. The fourth-order valence-corrected chi connectivity index (χ4v) is 3.12. The van der Waals surface area contributed by atoms with Gasteiger partial charge in [-0.3, -0.25) is 9.59 Å². The lowest BCUT2D eigenvalue weighted by molar-refractivity contribution is -0.114. The van der Waals surface area contributed by atoms with Gasteiger partial charge >= 0.3 is 0 Å². The highest BCUT2D eigenvalue weighted by Crippen LogP contribution is 2.25. The molecule has 0 bridgehead atoms. The highest BCUT2D eigenvalue weighted by Gasteiger charge is 2.13. The molecule has 0 saturated carbocycles. The van der Waals surface area contributed by atoms with Gasteiger partial charge in [0.2, 0.25) is 5.91 Å². The third kappa shape index (κ3) is 5.50. The molecule has 0 fully saturated rings. The normalized spacial score (nSPS) is 10.3. The molecule has 5 nitrogen and oxygen atoms in total. The first-order valence-corrected chi connectivity index (χ1v) is 9.61. The Morgan fingerprint density at radius 2 is 1.62 bits per heavy atom. The molecule has 29 heavy (non-hydrogen) atoms. The number of carbonyl (C=O) groups is 2. The first-order valence-electron chi connectivity index (χ1n) is 8.86. The summed E-state index contributed by atoms with van der Waals surface area (Å²) in [6.45, 7) is 0.0518. The molecule has 0 radical (unpaired) electrons. The molecule has 148 valence electrons. The molecule has 0 spiro atoms. The predicted octanol–water partition coefficient (Wildman–Crippen LogP) is 5.32. The van der Waals surface area contributed by atoms with E-state index >= 15 is 0 Å². The zero-order valence-corrected chi connectivity index (χ0v) is 17.2. The van der Waals surface area contributed by atoms with Gasteiger partial charge in [-0.25, -0.2) is 0 Å². The van der Waals surface area contributed by atoms with E-state index in [9.17, 15) is 9.59 Å². The second kappa shape index (κ2) is 9.45. The van der Waals surface area contributed by atoms with Gasteiger partial charge in [0.1, 0.15) is 0 Å². The molecule has 3 aromatic rings. The SMILES string of the molecule is CN(C(=O)c1ccc(NCC(=O)Nc2ccc(Cl)cc2Cl)cc1)c1ccccc1. The van der Waals surface area contributed by atoms with Crippen molar-refractivity contribution < 1.29 is 9.59 Å². The number of hydrogen-bond acceptors (Lipinski definition) is 3. The molecule has 3 rings (SSSR count). The van der Waals surface area contributed by atoms with Gasteiger partial charge in [0, 0.05) is 29.0 Å². The number of para-hydroxylation sites is 1. The van der Waals surface area contributed by atoms with Crippen LogP contribution in [0.15, 0.2) is 72.8 Å². The molecule has 3 aromatic carbocycles. The van der Waals surface area contributed by atoms with Crippen molar-refractivity contribution in [3.63, 3.8) is 0 Å². The summed E-state index contributed by atoms with van der Waals surface area (Å²) in [5, 5.41) is 6.60. The average Bonchev–Trinajstić information content (AvgIpc) is 2.74. The maximum atomic E-state index is 12.6. The van der Waals surface area contributed by atoms with Gasteiger partial charge in [0.25, 0.3) is 5.91 Å². The summed E-state index contributed by atoms with van der Waals surface area (Å²) in [6, 6.07) is 21.2. The summed E-state index contributed by atoms with van der Waals surface area (Å²) in [6.07, 6.45) is 0. The second-order valence-corrected chi connectivity index (χ2v) is 7.15. The monoisotopic (exact) mass is 427 g/mol. The summed E-state index contributed by atoms with van der Waals surface area (Å²) in [4.78, 5) is 26.3. The molecular weight excluding hydrogens is 409 g/mol.